The van der Waals surface area contributed by atoms with Crippen LogP contribution in [0.25, 0.3) is 0 Å². The average molecular weight is 151 g/mol. The highest BCUT2D eigenvalue weighted by atomic mass is 19.4. The SMILES string of the molecule is FC(F)(F)Cn1cncn1. The van der Waals surface area contributed by atoms with E-state index in [1.165, 1.54) is 0 Å². The molecule has 0 saturated heterocycles. The van der Waals surface area contributed by atoms with Crippen molar-refractivity contribution in [2.45, 2.75) is 12.7 Å². The quantitative estimate of drug-likeness (QED) is 0.595. The summed E-state index contributed by atoms with van der Waals surface area (Å²) in [4.78, 5) is 3.36. The first-order chi connectivity index (χ1) is 4.58. The molecule has 1 rings (SSSR count). The Hall–Kier alpha value is -1.07. The van der Waals surface area contributed by atoms with E-state index < -0.39 is 12.7 Å². The lowest BCUT2D eigenvalue weighted by molar-refractivity contribution is -0.142. The standard InChI is InChI=1S/C4H4F3N3/c5-4(6,7)1-10-3-8-2-9-10/h2-3H,1H2. The second-order valence-electron chi connectivity index (χ2n) is 1.71. The molecule has 1 aromatic heterocycles. The molecule has 1 heterocycles. The van der Waals surface area contributed by atoms with Crippen LogP contribution >= 0.6 is 0 Å². The number of halogens is 3. The first-order valence-corrected chi connectivity index (χ1v) is 2.47. The number of aromatic nitrogens is 3. The smallest absolute Gasteiger partial charge is 0.244 e. The maximum atomic E-state index is 11.5. The lowest BCUT2D eigenvalue weighted by atomic mass is 10.6. The normalized spacial score (nSPS) is 11.9. The fourth-order valence-corrected chi connectivity index (χ4v) is 0.498. The third-order valence-corrected chi connectivity index (χ3v) is 0.808. The summed E-state index contributed by atoms with van der Waals surface area (Å²) in [5, 5.41) is 3.29. The second-order valence-corrected chi connectivity index (χ2v) is 1.71. The predicted molar refractivity (Wildman–Crippen MR) is 26.1 cm³/mol. The predicted octanol–water partition coefficient (Wildman–Crippen LogP) is 0.840. The van der Waals surface area contributed by atoms with Gasteiger partial charge in [0, 0.05) is 0 Å². The maximum Gasteiger partial charge on any atom is 0.408 e. The number of hydrogen-bond acceptors (Lipinski definition) is 2. The Bertz CT molecular complexity index is 190. The number of nitrogens with zero attached hydrogens (tertiary/aromatic N) is 3. The molecule has 10 heavy (non-hydrogen) atoms. The van der Waals surface area contributed by atoms with Crippen LogP contribution in [-0.4, -0.2) is 20.9 Å². The number of rotatable bonds is 1. The van der Waals surface area contributed by atoms with Crippen molar-refractivity contribution in [1.82, 2.24) is 14.8 Å². The molecule has 0 amide bonds. The molecule has 0 aliphatic carbocycles. The highest BCUT2D eigenvalue weighted by Crippen LogP contribution is 2.15. The molecule has 6 heteroatoms. The zero-order valence-corrected chi connectivity index (χ0v) is 4.84. The van der Waals surface area contributed by atoms with Gasteiger partial charge in [-0.3, -0.25) is 0 Å². The van der Waals surface area contributed by atoms with Gasteiger partial charge in [0.1, 0.15) is 19.2 Å². The largest absolute Gasteiger partial charge is 0.408 e. The molecule has 0 aliphatic rings. The maximum absolute atomic E-state index is 11.5. The molecule has 0 N–H and O–H groups in total. The van der Waals surface area contributed by atoms with Crippen molar-refractivity contribution in [2.24, 2.45) is 0 Å². The van der Waals surface area contributed by atoms with Crippen molar-refractivity contribution in [2.75, 3.05) is 0 Å². The molecule has 0 unspecified atom stereocenters. The summed E-state index contributed by atoms with van der Waals surface area (Å²) in [7, 11) is 0. The molecular formula is C4H4F3N3. The molecule has 0 aromatic carbocycles. The summed E-state index contributed by atoms with van der Waals surface area (Å²) in [6.07, 6.45) is -2.13. The zero-order chi connectivity index (χ0) is 7.61. The van der Waals surface area contributed by atoms with Crippen LogP contribution in [0.2, 0.25) is 0 Å². The van der Waals surface area contributed by atoms with Gasteiger partial charge in [-0.05, 0) is 0 Å². The van der Waals surface area contributed by atoms with Crippen LogP contribution in [0.15, 0.2) is 12.7 Å². The van der Waals surface area contributed by atoms with E-state index >= 15 is 0 Å². The lowest BCUT2D eigenvalue weighted by Gasteiger charge is -2.03. The summed E-state index contributed by atoms with van der Waals surface area (Å²) in [5.74, 6) is 0. The van der Waals surface area contributed by atoms with Crippen molar-refractivity contribution in [3.8, 4) is 0 Å². The molecule has 0 saturated carbocycles. The Morgan fingerprint density at radius 3 is 2.50 bits per heavy atom. The Labute approximate surface area is 54.5 Å². The highest BCUT2D eigenvalue weighted by molar-refractivity contribution is 4.58. The van der Waals surface area contributed by atoms with Gasteiger partial charge in [-0.25, -0.2) is 9.67 Å². The second kappa shape index (κ2) is 2.28. The minimum absolute atomic E-state index is 0.722. The minimum atomic E-state index is -4.21. The Morgan fingerprint density at radius 1 is 1.40 bits per heavy atom. The summed E-state index contributed by atoms with van der Waals surface area (Å²) >= 11 is 0. The van der Waals surface area contributed by atoms with Crippen molar-refractivity contribution in [3.63, 3.8) is 0 Å². The summed E-state index contributed by atoms with van der Waals surface area (Å²) in [6.45, 7) is -1.08. The highest BCUT2D eigenvalue weighted by Gasteiger charge is 2.28. The summed E-state index contributed by atoms with van der Waals surface area (Å²) in [5.41, 5.74) is 0. The fraction of sp³-hybridized carbons (Fsp3) is 0.500. The van der Waals surface area contributed by atoms with Crippen molar-refractivity contribution in [3.05, 3.63) is 12.7 Å². The van der Waals surface area contributed by atoms with Gasteiger partial charge >= 0.3 is 6.18 Å². The van der Waals surface area contributed by atoms with E-state index in [4.69, 9.17) is 0 Å². The number of hydrogen-bond donors (Lipinski definition) is 0. The Kier molecular flexibility index (Phi) is 1.60. The molecular weight excluding hydrogens is 147 g/mol. The van der Waals surface area contributed by atoms with Crippen molar-refractivity contribution >= 4 is 0 Å². The van der Waals surface area contributed by atoms with E-state index in [2.05, 4.69) is 10.1 Å². The van der Waals surface area contributed by atoms with Crippen LogP contribution < -0.4 is 0 Å². The number of alkyl halides is 3. The monoisotopic (exact) mass is 151 g/mol. The average Bonchev–Trinajstić information content (AvgIpc) is 2.12. The molecule has 0 fully saturated rings. The van der Waals surface area contributed by atoms with Gasteiger partial charge in [-0.1, -0.05) is 0 Å². The topological polar surface area (TPSA) is 30.7 Å². The van der Waals surface area contributed by atoms with E-state index in [0.29, 0.717) is 0 Å². The van der Waals surface area contributed by atoms with E-state index in [-0.39, 0.29) is 0 Å². The van der Waals surface area contributed by atoms with Gasteiger partial charge in [0.05, 0.1) is 0 Å². The van der Waals surface area contributed by atoms with E-state index in [1.54, 1.807) is 0 Å². The Balaban J connectivity index is 2.57. The summed E-state index contributed by atoms with van der Waals surface area (Å²) in [6, 6.07) is 0. The van der Waals surface area contributed by atoms with Gasteiger partial charge < -0.3 is 0 Å². The van der Waals surface area contributed by atoms with E-state index in [1.807, 2.05) is 0 Å². The molecule has 0 atom stereocenters. The van der Waals surface area contributed by atoms with Crippen molar-refractivity contribution < 1.29 is 13.2 Å². The van der Waals surface area contributed by atoms with Crippen LogP contribution in [0.1, 0.15) is 0 Å². The van der Waals surface area contributed by atoms with Gasteiger partial charge in [-0.15, -0.1) is 0 Å². The van der Waals surface area contributed by atoms with Crippen LogP contribution in [0.4, 0.5) is 13.2 Å². The fourth-order valence-electron chi connectivity index (χ4n) is 0.498. The van der Waals surface area contributed by atoms with E-state index in [9.17, 15) is 13.2 Å². The van der Waals surface area contributed by atoms with Crippen molar-refractivity contribution in [1.29, 1.82) is 0 Å². The van der Waals surface area contributed by atoms with Gasteiger partial charge in [0.15, 0.2) is 0 Å². The molecule has 0 radical (unpaired) electrons. The molecule has 56 valence electrons. The van der Waals surface area contributed by atoms with Gasteiger partial charge in [0.25, 0.3) is 0 Å². The molecule has 0 bridgehead atoms. The van der Waals surface area contributed by atoms with Crippen LogP contribution in [0.3, 0.4) is 0 Å². The lowest BCUT2D eigenvalue weighted by Crippen LogP contribution is -2.17. The summed E-state index contributed by atoms with van der Waals surface area (Å²) < 4.78 is 35.3. The van der Waals surface area contributed by atoms with Gasteiger partial charge in [-0.2, -0.15) is 18.3 Å². The van der Waals surface area contributed by atoms with Crippen LogP contribution in [0, 0.1) is 0 Å². The molecule has 3 nitrogen and oxygen atoms in total. The van der Waals surface area contributed by atoms with E-state index in [0.717, 1.165) is 17.3 Å². The zero-order valence-electron chi connectivity index (χ0n) is 4.84. The third-order valence-electron chi connectivity index (χ3n) is 0.808. The molecule has 0 aliphatic heterocycles. The molecule has 0 spiro atoms. The Morgan fingerprint density at radius 2 is 2.10 bits per heavy atom. The van der Waals surface area contributed by atoms with Gasteiger partial charge in [0.2, 0.25) is 0 Å². The molecule has 1 aromatic rings. The third kappa shape index (κ3) is 2.04. The van der Waals surface area contributed by atoms with Crippen LogP contribution in [-0.2, 0) is 6.54 Å². The first-order valence-electron chi connectivity index (χ1n) is 2.47. The minimum Gasteiger partial charge on any atom is -0.244 e. The first kappa shape index (κ1) is 7.04. The van der Waals surface area contributed by atoms with Crippen LogP contribution in [0.5, 0.6) is 0 Å².